The molecule has 3 atom stereocenters. The van der Waals surface area contributed by atoms with Crippen LogP contribution in [0.2, 0.25) is 0 Å². The largest absolute Gasteiger partial charge is 0.387 e. The standard InChI is InChI=1S/C28H26F2N6O3/c1-14(38)24-26(16-9-17-6-7-18(10-16)35(17)23(39)13-37)34-28-19(12-33-36(28)27(24)31)15-5-8-22(32-11-15)25-20(29)3-2-4-21(25)30/h2-5,8,11-12,16-18,37H,6-7,9-10,13,31H2,1H3/t16-,17-,18+. The lowest BCUT2D eigenvalue weighted by Crippen LogP contribution is -2.47. The van der Waals surface area contributed by atoms with Gasteiger partial charge in [-0.2, -0.15) is 9.61 Å². The third-order valence-electron chi connectivity index (χ3n) is 7.90. The third-order valence-corrected chi connectivity index (χ3v) is 7.90. The Morgan fingerprint density at radius 2 is 1.77 bits per heavy atom. The van der Waals surface area contributed by atoms with Crippen molar-refractivity contribution in [2.75, 3.05) is 12.3 Å². The second-order valence-electron chi connectivity index (χ2n) is 10.1. The minimum Gasteiger partial charge on any atom is -0.387 e. The van der Waals surface area contributed by atoms with Crippen LogP contribution in [0.15, 0.2) is 42.7 Å². The maximum atomic E-state index is 14.3. The van der Waals surface area contributed by atoms with Crippen molar-refractivity contribution in [2.24, 2.45) is 0 Å². The molecule has 2 aliphatic heterocycles. The number of hydrogen-bond donors (Lipinski definition) is 2. The number of aliphatic hydroxyl groups excluding tert-OH is 1. The van der Waals surface area contributed by atoms with E-state index in [1.165, 1.54) is 41.9 Å². The monoisotopic (exact) mass is 532 g/mol. The highest BCUT2D eigenvalue weighted by molar-refractivity contribution is 6.00. The average molecular weight is 533 g/mol. The summed E-state index contributed by atoms with van der Waals surface area (Å²) in [7, 11) is 0. The van der Waals surface area contributed by atoms with Crippen molar-refractivity contribution in [1.82, 2.24) is 24.5 Å². The van der Waals surface area contributed by atoms with Crippen LogP contribution in [0.25, 0.3) is 28.0 Å². The van der Waals surface area contributed by atoms with Crippen LogP contribution in [0.1, 0.15) is 54.6 Å². The summed E-state index contributed by atoms with van der Waals surface area (Å²) in [5, 5.41) is 13.8. The van der Waals surface area contributed by atoms with Gasteiger partial charge in [0.05, 0.1) is 28.7 Å². The van der Waals surface area contributed by atoms with Crippen LogP contribution in [0, 0.1) is 11.6 Å². The van der Waals surface area contributed by atoms with E-state index in [-0.39, 0.29) is 46.8 Å². The molecule has 2 aliphatic rings. The first kappa shape index (κ1) is 25.1. The molecule has 0 unspecified atom stereocenters. The average Bonchev–Trinajstić information content (AvgIpc) is 3.46. The van der Waals surface area contributed by atoms with Gasteiger partial charge in [0.1, 0.15) is 24.1 Å². The van der Waals surface area contributed by atoms with Crippen LogP contribution < -0.4 is 5.73 Å². The Morgan fingerprint density at radius 3 is 2.36 bits per heavy atom. The summed E-state index contributed by atoms with van der Waals surface area (Å²) in [6, 6.07) is 6.79. The summed E-state index contributed by atoms with van der Waals surface area (Å²) in [6.45, 7) is 0.916. The number of ketones is 1. The highest BCUT2D eigenvalue weighted by atomic mass is 19.1. The zero-order valence-corrected chi connectivity index (χ0v) is 21.1. The van der Waals surface area contributed by atoms with E-state index in [4.69, 9.17) is 10.7 Å². The third kappa shape index (κ3) is 4.04. The lowest BCUT2D eigenvalue weighted by Gasteiger charge is -2.39. The quantitative estimate of drug-likeness (QED) is 0.375. The maximum absolute atomic E-state index is 14.3. The van der Waals surface area contributed by atoms with E-state index in [0.29, 0.717) is 40.9 Å². The number of aliphatic hydroxyl groups is 1. The van der Waals surface area contributed by atoms with Gasteiger partial charge in [0, 0.05) is 35.3 Å². The number of halogens is 2. The molecule has 3 N–H and O–H groups in total. The molecule has 4 aromatic rings. The first-order valence-electron chi connectivity index (χ1n) is 12.8. The van der Waals surface area contributed by atoms with Gasteiger partial charge in [-0.05, 0) is 50.8 Å². The number of Topliss-reactive ketones (excluding diaryl/α,β-unsaturated/α-hetero) is 1. The molecule has 2 saturated heterocycles. The summed E-state index contributed by atoms with van der Waals surface area (Å²) in [5.74, 6) is -1.85. The number of benzene rings is 1. The summed E-state index contributed by atoms with van der Waals surface area (Å²) >= 11 is 0. The topological polar surface area (TPSA) is 127 Å². The van der Waals surface area contributed by atoms with Crippen molar-refractivity contribution in [2.45, 2.75) is 50.6 Å². The molecular formula is C28H26F2N6O3. The van der Waals surface area contributed by atoms with E-state index >= 15 is 0 Å². The van der Waals surface area contributed by atoms with E-state index in [1.54, 1.807) is 17.2 Å². The predicted octanol–water partition coefficient (Wildman–Crippen LogP) is 3.75. The molecule has 2 bridgehead atoms. The van der Waals surface area contributed by atoms with Gasteiger partial charge in [-0.15, -0.1) is 0 Å². The van der Waals surface area contributed by atoms with Crippen LogP contribution >= 0.6 is 0 Å². The van der Waals surface area contributed by atoms with Crippen molar-refractivity contribution in [1.29, 1.82) is 0 Å². The first-order valence-corrected chi connectivity index (χ1v) is 12.8. The molecule has 5 heterocycles. The number of anilines is 1. The molecule has 11 heteroatoms. The molecule has 2 fully saturated rings. The molecule has 9 nitrogen and oxygen atoms in total. The van der Waals surface area contributed by atoms with Gasteiger partial charge in [0.15, 0.2) is 11.4 Å². The highest BCUT2D eigenvalue weighted by Gasteiger charge is 2.44. The number of hydrogen-bond acceptors (Lipinski definition) is 7. The van der Waals surface area contributed by atoms with Crippen LogP contribution in [0.4, 0.5) is 14.6 Å². The minimum atomic E-state index is -0.706. The molecule has 0 radical (unpaired) electrons. The smallest absolute Gasteiger partial charge is 0.248 e. The van der Waals surface area contributed by atoms with Crippen molar-refractivity contribution in [3.8, 4) is 22.4 Å². The Labute approximate surface area is 222 Å². The fourth-order valence-electron chi connectivity index (χ4n) is 6.23. The number of pyridine rings is 1. The van der Waals surface area contributed by atoms with Gasteiger partial charge in [-0.3, -0.25) is 14.6 Å². The molecule has 3 aromatic heterocycles. The number of rotatable bonds is 5. The summed E-state index contributed by atoms with van der Waals surface area (Å²) in [5.41, 5.74) is 8.94. The minimum absolute atomic E-state index is 0.0348. The SMILES string of the molecule is CC(=O)c1c([C@@H]2C[C@H]3CC[C@@H](C2)N3C(=O)CO)nc2c(-c3ccc(-c4c(F)cccc4F)nc3)cnn2c1N. The molecule has 39 heavy (non-hydrogen) atoms. The molecule has 0 spiro atoms. The zero-order valence-electron chi connectivity index (χ0n) is 21.1. The second kappa shape index (κ2) is 9.49. The van der Waals surface area contributed by atoms with Crippen LogP contribution in [0.5, 0.6) is 0 Å². The van der Waals surface area contributed by atoms with Crippen molar-refractivity contribution >= 4 is 23.2 Å². The van der Waals surface area contributed by atoms with Gasteiger partial charge in [-0.25, -0.2) is 13.8 Å². The number of nitrogens with two attached hydrogens (primary N) is 1. The molecule has 0 saturated carbocycles. The van der Waals surface area contributed by atoms with Crippen LogP contribution in [0.3, 0.4) is 0 Å². The van der Waals surface area contributed by atoms with Gasteiger partial charge in [-0.1, -0.05) is 12.1 Å². The Bertz CT molecular complexity index is 1590. The number of carbonyl (C=O) groups is 2. The zero-order chi connectivity index (χ0) is 27.4. The number of nitrogens with zero attached hydrogens (tertiary/aromatic N) is 5. The molecule has 200 valence electrons. The van der Waals surface area contributed by atoms with Crippen molar-refractivity contribution in [3.63, 3.8) is 0 Å². The van der Waals surface area contributed by atoms with E-state index in [1.807, 2.05) is 0 Å². The fraction of sp³-hybridized carbons (Fsp3) is 0.321. The Morgan fingerprint density at radius 1 is 1.08 bits per heavy atom. The number of piperidine rings is 1. The van der Waals surface area contributed by atoms with Gasteiger partial charge < -0.3 is 15.7 Å². The Balaban J connectivity index is 1.41. The van der Waals surface area contributed by atoms with Gasteiger partial charge in [0.2, 0.25) is 5.91 Å². The Kier molecular flexibility index (Phi) is 6.10. The Hall–Kier alpha value is -4.25. The number of fused-ring (bicyclic) bond motifs is 3. The molecule has 1 aromatic carbocycles. The number of amides is 1. The maximum Gasteiger partial charge on any atom is 0.248 e. The van der Waals surface area contributed by atoms with Gasteiger partial charge in [0.25, 0.3) is 0 Å². The van der Waals surface area contributed by atoms with Crippen molar-refractivity contribution in [3.05, 3.63) is 65.6 Å². The lowest BCUT2D eigenvalue weighted by molar-refractivity contribution is -0.138. The summed E-state index contributed by atoms with van der Waals surface area (Å²) in [6.07, 6.45) is 5.95. The second-order valence-corrected chi connectivity index (χ2v) is 10.1. The molecule has 0 aliphatic carbocycles. The van der Waals surface area contributed by atoms with Gasteiger partial charge >= 0.3 is 0 Å². The normalized spacial score (nSPS) is 20.5. The van der Waals surface area contributed by atoms with E-state index in [9.17, 15) is 23.5 Å². The van der Waals surface area contributed by atoms with E-state index < -0.39 is 18.2 Å². The van der Waals surface area contributed by atoms with Crippen LogP contribution in [-0.2, 0) is 4.79 Å². The predicted molar refractivity (Wildman–Crippen MR) is 139 cm³/mol. The molecule has 1 amide bonds. The molecule has 6 rings (SSSR count). The number of nitrogen functional groups attached to an aromatic ring is 1. The highest BCUT2D eigenvalue weighted by Crippen LogP contribution is 2.44. The van der Waals surface area contributed by atoms with E-state index in [0.717, 1.165) is 12.8 Å². The number of carbonyl (C=O) groups excluding carboxylic acids is 2. The first-order chi connectivity index (χ1) is 18.8. The number of aromatic nitrogens is 4. The van der Waals surface area contributed by atoms with Crippen LogP contribution in [-0.4, -0.2) is 60.0 Å². The summed E-state index contributed by atoms with van der Waals surface area (Å²) in [4.78, 5) is 36.0. The summed E-state index contributed by atoms with van der Waals surface area (Å²) < 4.78 is 29.9. The van der Waals surface area contributed by atoms with Crippen molar-refractivity contribution < 1.29 is 23.5 Å². The lowest BCUT2D eigenvalue weighted by atomic mass is 9.85. The van der Waals surface area contributed by atoms with E-state index in [2.05, 4.69) is 10.1 Å². The molecular weight excluding hydrogens is 506 g/mol. The fourth-order valence-corrected chi connectivity index (χ4v) is 6.23.